The van der Waals surface area contributed by atoms with Crippen molar-refractivity contribution >= 4 is 5.82 Å². The van der Waals surface area contributed by atoms with Gasteiger partial charge in [-0.25, -0.2) is 9.97 Å². The van der Waals surface area contributed by atoms with Crippen LogP contribution >= 0.6 is 0 Å². The lowest BCUT2D eigenvalue weighted by Gasteiger charge is -2.34. The quantitative estimate of drug-likeness (QED) is 0.789. The van der Waals surface area contributed by atoms with Crippen LogP contribution in [0.15, 0.2) is 16.9 Å². The number of aromatic nitrogens is 4. The molecule has 3 heterocycles. The van der Waals surface area contributed by atoms with Gasteiger partial charge < -0.3 is 14.2 Å². The molecule has 1 fully saturated rings. The van der Waals surface area contributed by atoms with E-state index < -0.39 is 0 Å². The number of hydrogen-bond acceptors (Lipinski definition) is 8. The average Bonchev–Trinajstić information content (AvgIpc) is 3.04. The van der Waals surface area contributed by atoms with Gasteiger partial charge in [0.25, 0.3) is 0 Å². The number of aryl methyl sites for hydroxylation is 1. The highest BCUT2D eigenvalue weighted by molar-refractivity contribution is 5.39. The van der Waals surface area contributed by atoms with Gasteiger partial charge in [-0.15, -0.1) is 0 Å². The van der Waals surface area contributed by atoms with Crippen molar-refractivity contribution in [1.29, 1.82) is 0 Å². The Morgan fingerprint density at radius 3 is 2.75 bits per heavy atom. The summed E-state index contributed by atoms with van der Waals surface area (Å²) < 4.78 is 10.8. The molecule has 2 aromatic heterocycles. The topological polar surface area (TPSA) is 80.4 Å². The van der Waals surface area contributed by atoms with E-state index in [-0.39, 0.29) is 6.10 Å². The van der Waals surface area contributed by atoms with Crippen LogP contribution in [-0.2, 0) is 11.3 Å². The van der Waals surface area contributed by atoms with Crippen molar-refractivity contribution in [2.75, 3.05) is 37.7 Å². The van der Waals surface area contributed by atoms with Crippen LogP contribution in [0.5, 0.6) is 0 Å². The van der Waals surface area contributed by atoms with Crippen molar-refractivity contribution in [2.45, 2.75) is 33.4 Å². The second kappa shape index (κ2) is 7.67. The van der Waals surface area contributed by atoms with Crippen LogP contribution in [0.3, 0.4) is 0 Å². The Labute approximate surface area is 141 Å². The van der Waals surface area contributed by atoms with E-state index in [4.69, 9.17) is 9.26 Å². The molecule has 1 unspecified atom stereocenters. The third-order valence-electron chi connectivity index (χ3n) is 4.11. The molecule has 3 rings (SSSR count). The van der Waals surface area contributed by atoms with Crippen molar-refractivity contribution in [1.82, 2.24) is 25.0 Å². The van der Waals surface area contributed by atoms with Crippen LogP contribution in [-0.4, -0.2) is 57.8 Å². The van der Waals surface area contributed by atoms with E-state index in [0.717, 1.165) is 37.7 Å². The molecule has 24 heavy (non-hydrogen) atoms. The molecule has 0 saturated carbocycles. The summed E-state index contributed by atoms with van der Waals surface area (Å²) in [4.78, 5) is 17.5. The van der Waals surface area contributed by atoms with Crippen LogP contribution in [0, 0.1) is 6.92 Å². The van der Waals surface area contributed by atoms with Gasteiger partial charge in [-0.3, -0.25) is 4.90 Å². The largest absolute Gasteiger partial charge is 0.371 e. The Hall–Kier alpha value is -2.06. The predicted molar refractivity (Wildman–Crippen MR) is 88.6 cm³/mol. The van der Waals surface area contributed by atoms with E-state index in [1.165, 1.54) is 0 Å². The fourth-order valence-electron chi connectivity index (χ4n) is 2.76. The van der Waals surface area contributed by atoms with E-state index >= 15 is 0 Å². The number of ether oxygens (including phenoxy) is 1. The van der Waals surface area contributed by atoms with Crippen LogP contribution < -0.4 is 4.90 Å². The van der Waals surface area contributed by atoms with Gasteiger partial charge >= 0.3 is 0 Å². The molecule has 0 amide bonds. The third-order valence-corrected chi connectivity index (χ3v) is 4.11. The van der Waals surface area contributed by atoms with Crippen molar-refractivity contribution < 1.29 is 9.26 Å². The van der Waals surface area contributed by atoms with E-state index in [1.807, 2.05) is 26.8 Å². The number of hydrogen-bond donors (Lipinski definition) is 0. The van der Waals surface area contributed by atoms with Gasteiger partial charge in [-0.2, -0.15) is 4.98 Å². The van der Waals surface area contributed by atoms with Gasteiger partial charge in [-0.1, -0.05) is 5.16 Å². The fourth-order valence-corrected chi connectivity index (χ4v) is 2.76. The molecule has 1 atom stereocenters. The number of anilines is 1. The molecule has 0 N–H and O–H groups in total. The third kappa shape index (κ3) is 4.07. The molecular formula is C16H24N6O2. The number of nitrogens with zero attached hydrogens (tertiary/aromatic N) is 6. The zero-order valence-corrected chi connectivity index (χ0v) is 14.5. The summed E-state index contributed by atoms with van der Waals surface area (Å²) in [5, 5.41) is 4.01. The summed E-state index contributed by atoms with van der Waals surface area (Å²) in [6.45, 7) is 10.9. The molecule has 0 bridgehead atoms. The first-order valence-electron chi connectivity index (χ1n) is 8.35. The maximum atomic E-state index is 5.49. The van der Waals surface area contributed by atoms with E-state index in [0.29, 0.717) is 24.9 Å². The smallest absolute Gasteiger partial charge is 0.240 e. The molecule has 0 aromatic carbocycles. The van der Waals surface area contributed by atoms with E-state index in [9.17, 15) is 0 Å². The summed E-state index contributed by atoms with van der Waals surface area (Å²) in [5.41, 5.74) is 0.990. The van der Waals surface area contributed by atoms with Crippen molar-refractivity contribution in [3.8, 4) is 0 Å². The Morgan fingerprint density at radius 2 is 2.04 bits per heavy atom. The summed E-state index contributed by atoms with van der Waals surface area (Å²) in [7, 11) is 0. The Bertz CT molecular complexity index is 654. The van der Waals surface area contributed by atoms with Gasteiger partial charge in [-0.05, 0) is 20.8 Å². The molecule has 2 aromatic rings. The Balaban J connectivity index is 1.52. The Morgan fingerprint density at radius 1 is 1.25 bits per heavy atom. The highest BCUT2D eigenvalue weighted by Gasteiger charge is 2.21. The fraction of sp³-hybridized carbons (Fsp3) is 0.625. The first kappa shape index (κ1) is 16.8. The monoisotopic (exact) mass is 332 g/mol. The molecule has 1 aliphatic rings. The molecule has 0 aliphatic carbocycles. The van der Waals surface area contributed by atoms with Gasteiger partial charge in [0, 0.05) is 44.5 Å². The second-order valence-corrected chi connectivity index (χ2v) is 5.92. The molecule has 130 valence electrons. The lowest BCUT2D eigenvalue weighted by atomic mass is 10.3. The first-order valence-corrected chi connectivity index (χ1v) is 8.35. The van der Waals surface area contributed by atoms with Crippen molar-refractivity contribution in [2.24, 2.45) is 0 Å². The standard InChI is InChI=1S/C16H24N6O2/c1-4-23-13(3)16-19-15(24-20-16)10-21-5-7-22(8-6-21)14-9-12(2)17-11-18-14/h9,11,13H,4-8,10H2,1-3H3. The maximum Gasteiger partial charge on any atom is 0.240 e. The molecule has 1 aliphatic heterocycles. The van der Waals surface area contributed by atoms with Gasteiger partial charge in [0.15, 0.2) is 5.82 Å². The number of rotatable bonds is 6. The predicted octanol–water partition coefficient (Wildman–Crippen LogP) is 1.59. The summed E-state index contributed by atoms with van der Waals surface area (Å²) in [6.07, 6.45) is 1.49. The molecule has 8 heteroatoms. The second-order valence-electron chi connectivity index (χ2n) is 5.92. The molecule has 1 saturated heterocycles. The summed E-state index contributed by atoms with van der Waals surface area (Å²) in [6, 6.07) is 2.02. The van der Waals surface area contributed by atoms with Crippen LogP contribution in [0.4, 0.5) is 5.82 Å². The minimum Gasteiger partial charge on any atom is -0.371 e. The van der Waals surface area contributed by atoms with Gasteiger partial charge in [0.05, 0.1) is 6.54 Å². The highest BCUT2D eigenvalue weighted by Crippen LogP contribution is 2.16. The summed E-state index contributed by atoms with van der Waals surface area (Å²) >= 11 is 0. The number of piperazine rings is 1. The molecule has 0 radical (unpaired) electrons. The Kier molecular flexibility index (Phi) is 5.37. The normalized spacial score (nSPS) is 17.2. The van der Waals surface area contributed by atoms with Crippen molar-refractivity contribution in [3.05, 3.63) is 29.8 Å². The van der Waals surface area contributed by atoms with E-state index in [1.54, 1.807) is 6.33 Å². The highest BCUT2D eigenvalue weighted by atomic mass is 16.5. The van der Waals surface area contributed by atoms with Gasteiger partial charge in [0.2, 0.25) is 5.89 Å². The minimum atomic E-state index is -0.134. The molecule has 8 nitrogen and oxygen atoms in total. The minimum absolute atomic E-state index is 0.134. The SMILES string of the molecule is CCOC(C)c1noc(CN2CCN(c3cc(C)ncn3)CC2)n1. The maximum absolute atomic E-state index is 5.49. The van der Waals surface area contributed by atoms with Crippen molar-refractivity contribution in [3.63, 3.8) is 0 Å². The zero-order chi connectivity index (χ0) is 16.9. The molecular weight excluding hydrogens is 308 g/mol. The van der Waals surface area contributed by atoms with Crippen LogP contribution in [0.2, 0.25) is 0 Å². The molecule has 0 spiro atoms. The summed E-state index contributed by atoms with van der Waals surface area (Å²) in [5.74, 6) is 2.25. The van der Waals surface area contributed by atoms with Gasteiger partial charge in [0.1, 0.15) is 18.2 Å². The van der Waals surface area contributed by atoms with Crippen LogP contribution in [0.1, 0.15) is 37.4 Å². The first-order chi connectivity index (χ1) is 11.7. The van der Waals surface area contributed by atoms with Crippen LogP contribution in [0.25, 0.3) is 0 Å². The average molecular weight is 332 g/mol. The lowest BCUT2D eigenvalue weighted by molar-refractivity contribution is 0.0683. The zero-order valence-electron chi connectivity index (χ0n) is 14.5. The lowest BCUT2D eigenvalue weighted by Crippen LogP contribution is -2.46. The van der Waals surface area contributed by atoms with E-state index in [2.05, 4.69) is 29.9 Å².